The van der Waals surface area contributed by atoms with E-state index in [2.05, 4.69) is 10.2 Å². The molecule has 0 aliphatic rings. The Morgan fingerprint density at radius 1 is 1.63 bits per heavy atom. The summed E-state index contributed by atoms with van der Waals surface area (Å²) in [7, 11) is 0. The number of carbonyl (C=O) groups excluding carboxylic acids is 1. The van der Waals surface area contributed by atoms with Crippen LogP contribution in [0.1, 0.15) is 33.6 Å². The number of nitrogens with two attached hydrogens (primary N) is 2. The topological polar surface area (TPSA) is 120 Å². The minimum Gasteiger partial charge on any atom is -0.368 e. The molecule has 0 saturated heterocycles. The lowest BCUT2D eigenvalue weighted by Gasteiger charge is -2.23. The van der Waals surface area contributed by atoms with E-state index < -0.39 is 11.4 Å². The standard InChI is InChI=1S/C11H21N5O2S/c1-4-5-16-9(18)14-15-10(16)19-7(2)6-11(3,13)8(12)17/h7H,4-6,13H2,1-3H3,(H2,12,17)(H,14,18). The molecule has 5 N–H and O–H groups in total. The average Bonchev–Trinajstić information content (AvgIpc) is 2.61. The van der Waals surface area contributed by atoms with Gasteiger partial charge in [0, 0.05) is 11.8 Å². The molecule has 1 rings (SSSR count). The fourth-order valence-electron chi connectivity index (χ4n) is 1.73. The second-order valence-corrected chi connectivity index (χ2v) is 6.28. The van der Waals surface area contributed by atoms with E-state index in [0.717, 1.165) is 6.42 Å². The highest BCUT2D eigenvalue weighted by atomic mass is 32.2. The summed E-state index contributed by atoms with van der Waals surface area (Å²) in [5.74, 6) is -0.534. The number of hydrogen-bond acceptors (Lipinski definition) is 5. The lowest BCUT2D eigenvalue weighted by atomic mass is 9.97. The van der Waals surface area contributed by atoms with Crippen molar-refractivity contribution in [3.63, 3.8) is 0 Å². The van der Waals surface area contributed by atoms with Gasteiger partial charge in [-0.3, -0.25) is 9.36 Å². The van der Waals surface area contributed by atoms with E-state index in [4.69, 9.17) is 11.5 Å². The molecule has 2 unspecified atom stereocenters. The predicted octanol–water partition coefficient (Wildman–Crippen LogP) is 0.0548. The number of hydrogen-bond donors (Lipinski definition) is 3. The second kappa shape index (κ2) is 6.25. The first-order chi connectivity index (χ1) is 8.77. The molecule has 0 spiro atoms. The molecule has 0 saturated carbocycles. The quantitative estimate of drug-likeness (QED) is 0.612. The van der Waals surface area contributed by atoms with Gasteiger partial charge in [-0.2, -0.15) is 0 Å². The molecule has 19 heavy (non-hydrogen) atoms. The fraction of sp³-hybridized carbons (Fsp3) is 0.727. The Kier molecular flexibility index (Phi) is 5.19. The third-order valence-corrected chi connectivity index (χ3v) is 3.84. The van der Waals surface area contributed by atoms with Crippen molar-refractivity contribution in [1.82, 2.24) is 14.8 Å². The van der Waals surface area contributed by atoms with Crippen LogP contribution in [-0.4, -0.2) is 31.5 Å². The zero-order chi connectivity index (χ0) is 14.6. The molecule has 2 atom stereocenters. The Morgan fingerprint density at radius 3 is 2.79 bits per heavy atom. The van der Waals surface area contributed by atoms with Gasteiger partial charge < -0.3 is 11.5 Å². The number of nitrogens with zero attached hydrogens (tertiary/aromatic N) is 2. The van der Waals surface area contributed by atoms with E-state index in [9.17, 15) is 9.59 Å². The van der Waals surface area contributed by atoms with Gasteiger partial charge in [-0.05, 0) is 19.8 Å². The van der Waals surface area contributed by atoms with Gasteiger partial charge in [0.1, 0.15) is 0 Å². The Labute approximate surface area is 116 Å². The van der Waals surface area contributed by atoms with Gasteiger partial charge in [-0.1, -0.05) is 25.6 Å². The molecule has 7 nitrogen and oxygen atoms in total. The lowest BCUT2D eigenvalue weighted by Crippen LogP contribution is -2.50. The number of primary amides is 1. The minimum absolute atomic E-state index is 0.0216. The molecule has 0 aliphatic carbocycles. The van der Waals surface area contributed by atoms with Crippen LogP contribution >= 0.6 is 11.8 Å². The Morgan fingerprint density at radius 2 is 2.26 bits per heavy atom. The number of amides is 1. The van der Waals surface area contributed by atoms with Gasteiger partial charge in [0.05, 0.1) is 5.54 Å². The van der Waals surface area contributed by atoms with E-state index in [1.165, 1.54) is 11.8 Å². The van der Waals surface area contributed by atoms with Crippen LogP contribution < -0.4 is 17.2 Å². The minimum atomic E-state index is -1.06. The van der Waals surface area contributed by atoms with Crippen LogP contribution in [0.2, 0.25) is 0 Å². The van der Waals surface area contributed by atoms with Crippen molar-refractivity contribution in [3.8, 4) is 0 Å². The van der Waals surface area contributed by atoms with Gasteiger partial charge >= 0.3 is 5.69 Å². The molecule has 0 aliphatic heterocycles. The second-order valence-electron chi connectivity index (χ2n) is 4.88. The molecular formula is C11H21N5O2S. The third kappa shape index (κ3) is 4.10. The van der Waals surface area contributed by atoms with Crippen molar-refractivity contribution in [2.24, 2.45) is 11.5 Å². The number of aromatic amines is 1. The smallest absolute Gasteiger partial charge is 0.343 e. The largest absolute Gasteiger partial charge is 0.368 e. The highest BCUT2D eigenvalue weighted by Crippen LogP contribution is 2.25. The molecular weight excluding hydrogens is 266 g/mol. The number of H-pyrrole nitrogens is 1. The first-order valence-corrected chi connectivity index (χ1v) is 7.06. The summed E-state index contributed by atoms with van der Waals surface area (Å²) < 4.78 is 1.58. The Bertz CT molecular complexity index is 494. The maximum Gasteiger partial charge on any atom is 0.343 e. The van der Waals surface area contributed by atoms with Crippen molar-refractivity contribution < 1.29 is 4.79 Å². The average molecular weight is 287 g/mol. The first-order valence-electron chi connectivity index (χ1n) is 6.18. The molecule has 8 heteroatoms. The van der Waals surface area contributed by atoms with Gasteiger partial charge in [-0.15, -0.1) is 5.10 Å². The Balaban J connectivity index is 2.75. The molecule has 0 aromatic carbocycles. The fourth-order valence-corrected chi connectivity index (χ4v) is 2.92. The van der Waals surface area contributed by atoms with Crippen LogP contribution in [0, 0.1) is 0 Å². The van der Waals surface area contributed by atoms with Gasteiger partial charge in [0.25, 0.3) is 0 Å². The van der Waals surface area contributed by atoms with Crippen molar-refractivity contribution in [1.29, 1.82) is 0 Å². The highest BCUT2D eigenvalue weighted by Gasteiger charge is 2.29. The summed E-state index contributed by atoms with van der Waals surface area (Å²) in [5.41, 5.74) is 9.80. The van der Waals surface area contributed by atoms with E-state index in [0.29, 0.717) is 18.1 Å². The summed E-state index contributed by atoms with van der Waals surface area (Å²) in [6.45, 7) is 6.13. The van der Waals surface area contributed by atoms with E-state index in [1.807, 2.05) is 13.8 Å². The molecule has 0 fully saturated rings. The van der Waals surface area contributed by atoms with Crippen molar-refractivity contribution in [2.75, 3.05) is 0 Å². The molecule has 0 bridgehead atoms. The van der Waals surface area contributed by atoms with Crippen LogP contribution in [0.4, 0.5) is 0 Å². The van der Waals surface area contributed by atoms with Crippen LogP contribution in [0.25, 0.3) is 0 Å². The van der Waals surface area contributed by atoms with E-state index >= 15 is 0 Å². The van der Waals surface area contributed by atoms with E-state index in [1.54, 1.807) is 11.5 Å². The highest BCUT2D eigenvalue weighted by molar-refractivity contribution is 7.99. The molecule has 1 heterocycles. The summed E-state index contributed by atoms with van der Waals surface area (Å²) in [6.07, 6.45) is 1.26. The monoisotopic (exact) mass is 287 g/mol. The van der Waals surface area contributed by atoms with Crippen LogP contribution in [0.5, 0.6) is 0 Å². The Hall–Kier alpha value is -1.28. The summed E-state index contributed by atoms with van der Waals surface area (Å²) in [6, 6.07) is 0. The molecule has 1 aromatic heterocycles. The SMILES string of the molecule is CCCn1c(SC(C)CC(C)(N)C(N)=O)n[nH]c1=O. The zero-order valence-electron chi connectivity index (χ0n) is 11.5. The number of thioether (sulfide) groups is 1. The normalized spacial score (nSPS) is 16.0. The van der Waals surface area contributed by atoms with Crippen LogP contribution in [-0.2, 0) is 11.3 Å². The van der Waals surface area contributed by atoms with Crippen molar-refractivity contribution in [3.05, 3.63) is 10.5 Å². The van der Waals surface area contributed by atoms with Gasteiger partial charge in [0.15, 0.2) is 5.16 Å². The first kappa shape index (κ1) is 15.8. The summed E-state index contributed by atoms with van der Waals surface area (Å²) in [5, 5.41) is 7.04. The number of rotatable bonds is 7. The number of carbonyl (C=O) groups is 1. The molecule has 1 aromatic rings. The molecule has 1 amide bonds. The van der Waals surface area contributed by atoms with Gasteiger partial charge in [0.2, 0.25) is 5.91 Å². The predicted molar refractivity (Wildman–Crippen MR) is 74.9 cm³/mol. The molecule has 108 valence electrons. The summed E-state index contributed by atoms with van der Waals surface area (Å²) in [4.78, 5) is 22.7. The maximum absolute atomic E-state index is 11.5. The van der Waals surface area contributed by atoms with Crippen LogP contribution in [0.15, 0.2) is 9.95 Å². The zero-order valence-corrected chi connectivity index (χ0v) is 12.3. The van der Waals surface area contributed by atoms with E-state index in [-0.39, 0.29) is 10.9 Å². The third-order valence-electron chi connectivity index (χ3n) is 2.75. The number of aromatic nitrogens is 3. The van der Waals surface area contributed by atoms with Crippen LogP contribution in [0.3, 0.4) is 0 Å². The van der Waals surface area contributed by atoms with Crippen molar-refractivity contribution >= 4 is 17.7 Å². The van der Waals surface area contributed by atoms with Gasteiger partial charge in [-0.25, -0.2) is 9.89 Å². The van der Waals surface area contributed by atoms with Crippen molar-refractivity contribution in [2.45, 2.75) is 56.1 Å². The lowest BCUT2D eigenvalue weighted by molar-refractivity contribution is -0.122. The number of nitrogens with one attached hydrogen (secondary N) is 1. The maximum atomic E-state index is 11.5. The summed E-state index contributed by atoms with van der Waals surface area (Å²) >= 11 is 1.41. The molecule has 0 radical (unpaired) electrons.